The molecule has 0 radical (unpaired) electrons. The van der Waals surface area contributed by atoms with E-state index in [2.05, 4.69) is 27.6 Å². The van der Waals surface area contributed by atoms with Crippen molar-refractivity contribution in [2.24, 2.45) is 7.05 Å². The lowest BCUT2D eigenvalue weighted by Gasteiger charge is -2.32. The zero-order chi connectivity index (χ0) is 23.4. The molecule has 1 aliphatic heterocycles. The number of carbonyl (C=O) groups excluding carboxylic acids is 1. The van der Waals surface area contributed by atoms with Crippen LogP contribution in [0.5, 0.6) is 0 Å². The lowest BCUT2D eigenvalue weighted by Crippen LogP contribution is -2.32. The molecule has 33 heavy (non-hydrogen) atoms. The zero-order valence-corrected chi connectivity index (χ0v) is 18.9. The zero-order valence-electron chi connectivity index (χ0n) is 18.9. The monoisotopic (exact) mass is 447 g/mol. The fourth-order valence-electron chi connectivity index (χ4n) is 4.28. The van der Waals surface area contributed by atoms with E-state index in [-0.39, 0.29) is 5.91 Å². The minimum atomic E-state index is -1.18. The summed E-state index contributed by atoms with van der Waals surface area (Å²) in [5.74, 6) is 0.205. The molecule has 3 N–H and O–H groups in total. The molecular formula is C25H29N5O3. The molecule has 0 spiro atoms. The average molecular weight is 448 g/mol. The van der Waals surface area contributed by atoms with Crippen molar-refractivity contribution in [3.8, 4) is 0 Å². The van der Waals surface area contributed by atoms with Gasteiger partial charge in [0.2, 0.25) is 0 Å². The van der Waals surface area contributed by atoms with Crippen LogP contribution in [-0.2, 0) is 13.6 Å². The lowest BCUT2D eigenvalue weighted by molar-refractivity contribution is 0.102. The van der Waals surface area contributed by atoms with Crippen molar-refractivity contribution in [2.45, 2.75) is 32.2 Å². The van der Waals surface area contributed by atoms with Gasteiger partial charge < -0.3 is 10.4 Å². The summed E-state index contributed by atoms with van der Waals surface area (Å²) >= 11 is 0. The van der Waals surface area contributed by atoms with E-state index in [1.165, 1.54) is 16.8 Å². The minimum Gasteiger partial charge on any atom is -0.465 e. The molecule has 0 unspecified atom stereocenters. The van der Waals surface area contributed by atoms with E-state index in [0.29, 0.717) is 22.9 Å². The maximum Gasteiger partial charge on any atom is 0.409 e. The third-order valence-electron chi connectivity index (χ3n) is 6.38. The van der Waals surface area contributed by atoms with E-state index in [4.69, 9.17) is 5.11 Å². The number of para-hydroxylation sites is 2. The number of aryl methyl sites for hydroxylation is 1. The van der Waals surface area contributed by atoms with Gasteiger partial charge in [-0.2, -0.15) is 5.10 Å². The van der Waals surface area contributed by atoms with Crippen molar-refractivity contribution < 1.29 is 14.7 Å². The highest BCUT2D eigenvalue weighted by molar-refractivity contribution is 6.06. The fourth-order valence-corrected chi connectivity index (χ4v) is 4.28. The number of hydrogen-bond acceptors (Lipinski definition) is 4. The molecule has 1 aromatic heterocycles. The maximum absolute atomic E-state index is 12.7. The van der Waals surface area contributed by atoms with Gasteiger partial charge in [-0.25, -0.2) is 4.79 Å². The Morgan fingerprint density at radius 1 is 1.03 bits per heavy atom. The fraction of sp³-hybridized carbons (Fsp3) is 0.320. The molecule has 1 fully saturated rings. The summed E-state index contributed by atoms with van der Waals surface area (Å²) in [4.78, 5) is 26.1. The highest BCUT2D eigenvalue weighted by atomic mass is 16.4. The smallest absolute Gasteiger partial charge is 0.409 e. The Balaban J connectivity index is 1.34. The number of nitrogens with zero attached hydrogens (tertiary/aromatic N) is 3. The van der Waals surface area contributed by atoms with Crippen molar-refractivity contribution in [2.75, 3.05) is 23.7 Å². The summed E-state index contributed by atoms with van der Waals surface area (Å²) in [6.07, 6.45) is 2.95. The first kappa shape index (κ1) is 22.5. The van der Waals surface area contributed by atoms with Gasteiger partial charge >= 0.3 is 6.09 Å². The van der Waals surface area contributed by atoms with Crippen molar-refractivity contribution in [1.29, 1.82) is 0 Å². The van der Waals surface area contributed by atoms with Crippen LogP contribution in [0.1, 0.15) is 45.9 Å². The summed E-state index contributed by atoms with van der Waals surface area (Å²) in [5, 5.41) is 18.4. The molecule has 3 aromatic rings. The van der Waals surface area contributed by atoms with E-state index >= 15 is 0 Å². The number of piperidine rings is 1. The van der Waals surface area contributed by atoms with E-state index < -0.39 is 6.09 Å². The Bertz CT molecular complexity index is 1130. The number of amides is 2. The van der Waals surface area contributed by atoms with Gasteiger partial charge in [-0.1, -0.05) is 24.3 Å². The number of benzene rings is 2. The average Bonchev–Trinajstić information content (AvgIpc) is 3.13. The Morgan fingerprint density at radius 3 is 2.24 bits per heavy atom. The number of carboxylic acid groups (broad SMARTS) is 1. The molecule has 0 atom stereocenters. The highest BCUT2D eigenvalue weighted by Gasteiger charge is 2.22. The quantitative estimate of drug-likeness (QED) is 0.518. The lowest BCUT2D eigenvalue weighted by atomic mass is 9.89. The number of likely N-dealkylation sites (tertiary alicyclic amines) is 1. The molecule has 2 aromatic carbocycles. The first-order valence-electron chi connectivity index (χ1n) is 11.1. The molecular weight excluding hydrogens is 418 g/mol. The van der Waals surface area contributed by atoms with Gasteiger partial charge in [-0.15, -0.1) is 0 Å². The second-order valence-corrected chi connectivity index (χ2v) is 8.48. The van der Waals surface area contributed by atoms with Crippen molar-refractivity contribution in [3.05, 3.63) is 77.1 Å². The normalized spacial score (nSPS) is 14.7. The SMILES string of the molecule is Cc1c(CN2CCC(c3ccc(C(=O)Nc4ccccc4NC(=O)O)cc3)CC2)cnn1C. The summed E-state index contributed by atoms with van der Waals surface area (Å²) in [6.45, 7) is 5.11. The molecule has 1 aliphatic rings. The number of carbonyl (C=O) groups is 2. The second-order valence-electron chi connectivity index (χ2n) is 8.48. The van der Waals surface area contributed by atoms with Crippen LogP contribution in [0.2, 0.25) is 0 Å². The van der Waals surface area contributed by atoms with Crippen LogP contribution >= 0.6 is 0 Å². The summed E-state index contributed by atoms with van der Waals surface area (Å²) in [7, 11) is 1.97. The summed E-state index contributed by atoms with van der Waals surface area (Å²) < 4.78 is 1.92. The summed E-state index contributed by atoms with van der Waals surface area (Å²) in [5.41, 5.74) is 5.04. The molecule has 1 saturated heterocycles. The first-order valence-corrected chi connectivity index (χ1v) is 11.1. The topological polar surface area (TPSA) is 99.5 Å². The molecule has 4 rings (SSSR count). The predicted molar refractivity (Wildman–Crippen MR) is 128 cm³/mol. The van der Waals surface area contributed by atoms with Gasteiger partial charge in [0.15, 0.2) is 0 Å². The second kappa shape index (κ2) is 9.87. The Hall–Kier alpha value is -3.65. The van der Waals surface area contributed by atoms with Crippen molar-refractivity contribution in [1.82, 2.24) is 14.7 Å². The van der Waals surface area contributed by atoms with Crippen molar-refractivity contribution >= 4 is 23.4 Å². The molecule has 0 saturated carbocycles. The molecule has 2 heterocycles. The van der Waals surface area contributed by atoms with Crippen LogP contribution < -0.4 is 10.6 Å². The van der Waals surface area contributed by atoms with Crippen LogP contribution in [0.4, 0.5) is 16.2 Å². The van der Waals surface area contributed by atoms with Gasteiger partial charge in [0.05, 0.1) is 17.6 Å². The third kappa shape index (κ3) is 5.40. The minimum absolute atomic E-state index is 0.275. The van der Waals surface area contributed by atoms with Crippen LogP contribution in [0.3, 0.4) is 0 Å². The highest BCUT2D eigenvalue weighted by Crippen LogP contribution is 2.29. The van der Waals surface area contributed by atoms with Gasteiger partial charge in [0.25, 0.3) is 5.91 Å². The van der Waals surface area contributed by atoms with Gasteiger partial charge in [0.1, 0.15) is 0 Å². The number of nitrogens with one attached hydrogen (secondary N) is 2. The maximum atomic E-state index is 12.7. The molecule has 0 aliphatic carbocycles. The standard InChI is InChI=1S/C25H29N5O3/c1-17-21(15-26-29(17)2)16-30-13-11-19(12-14-30)18-7-9-20(10-8-18)24(31)27-22-5-3-4-6-23(22)28-25(32)33/h3-10,15,19,28H,11-14,16H2,1-2H3,(H,27,31)(H,32,33). The number of anilines is 2. The molecule has 0 bridgehead atoms. The molecule has 172 valence electrons. The molecule has 2 amide bonds. The van der Waals surface area contributed by atoms with Gasteiger partial charge in [0, 0.05) is 30.4 Å². The van der Waals surface area contributed by atoms with Crippen LogP contribution in [-0.4, -0.2) is 44.9 Å². The number of hydrogen-bond donors (Lipinski definition) is 3. The third-order valence-corrected chi connectivity index (χ3v) is 6.38. The molecule has 8 heteroatoms. The van der Waals surface area contributed by atoms with E-state index in [9.17, 15) is 9.59 Å². The van der Waals surface area contributed by atoms with E-state index in [1.807, 2.05) is 42.2 Å². The molecule has 8 nitrogen and oxygen atoms in total. The Kier molecular flexibility index (Phi) is 6.74. The van der Waals surface area contributed by atoms with Gasteiger partial charge in [-0.05, 0) is 68.6 Å². The number of aromatic nitrogens is 2. The Morgan fingerprint density at radius 2 is 1.67 bits per heavy atom. The van der Waals surface area contributed by atoms with Crippen LogP contribution in [0.15, 0.2) is 54.7 Å². The van der Waals surface area contributed by atoms with Crippen molar-refractivity contribution in [3.63, 3.8) is 0 Å². The van der Waals surface area contributed by atoms with Gasteiger partial charge in [-0.3, -0.25) is 19.7 Å². The predicted octanol–water partition coefficient (Wildman–Crippen LogP) is 4.45. The van der Waals surface area contributed by atoms with Crippen LogP contribution in [0.25, 0.3) is 0 Å². The number of rotatable bonds is 6. The Labute approximate surface area is 193 Å². The first-order chi connectivity index (χ1) is 15.9. The summed E-state index contributed by atoms with van der Waals surface area (Å²) in [6, 6.07) is 14.5. The largest absolute Gasteiger partial charge is 0.465 e. The van der Waals surface area contributed by atoms with E-state index in [1.54, 1.807) is 24.3 Å². The van der Waals surface area contributed by atoms with E-state index in [0.717, 1.165) is 32.5 Å². The van der Waals surface area contributed by atoms with Crippen LogP contribution in [0, 0.1) is 6.92 Å².